The van der Waals surface area contributed by atoms with Crippen molar-refractivity contribution in [2.75, 3.05) is 18.6 Å². The number of rotatable bonds is 15. The smallest absolute Gasteiger partial charge is 0.326 e. The lowest BCUT2D eigenvalue weighted by molar-refractivity contribution is -0.143. The fourth-order valence-corrected chi connectivity index (χ4v) is 2.61. The summed E-state index contributed by atoms with van der Waals surface area (Å²) in [4.78, 5) is 69.0. The number of carboxylic acid groups (broad SMARTS) is 2. The highest BCUT2D eigenvalue weighted by Gasteiger charge is 2.28. The molecule has 30 heavy (non-hydrogen) atoms. The van der Waals surface area contributed by atoms with Gasteiger partial charge in [0.2, 0.25) is 23.6 Å². The molecule has 0 fully saturated rings. The Kier molecular flexibility index (Phi) is 12.8. The van der Waals surface area contributed by atoms with Crippen molar-refractivity contribution in [3.8, 4) is 0 Å². The summed E-state index contributed by atoms with van der Waals surface area (Å²) in [5.41, 5.74) is 10.6. The number of thioether (sulfide) groups is 1. The summed E-state index contributed by atoms with van der Waals surface area (Å²) in [6.45, 7) is -0.556. The van der Waals surface area contributed by atoms with Crippen LogP contribution in [0.5, 0.6) is 0 Å². The highest BCUT2D eigenvalue weighted by Crippen LogP contribution is 2.01. The first kappa shape index (κ1) is 27.1. The minimum Gasteiger partial charge on any atom is -0.481 e. The minimum absolute atomic E-state index is 0.311. The first-order valence-electron chi connectivity index (χ1n) is 8.82. The van der Waals surface area contributed by atoms with Crippen LogP contribution in [-0.4, -0.2) is 82.5 Å². The van der Waals surface area contributed by atoms with Gasteiger partial charge < -0.3 is 37.6 Å². The van der Waals surface area contributed by atoms with E-state index in [1.54, 1.807) is 0 Å². The van der Waals surface area contributed by atoms with E-state index in [1.807, 2.05) is 6.26 Å². The standard InChI is InChI=1S/C16H27N5O8S/c1-30-5-4-8(17)14(26)19-7-12(23)20-10(6-13(24)25)15(27)21-9(16(28)29)2-3-11(18)22/h8-10H,2-7,17H2,1H3,(H2,18,22)(H,19,26)(H,20,23)(H,21,27)(H,24,25)(H,28,29). The Morgan fingerprint density at radius 3 is 2.10 bits per heavy atom. The van der Waals surface area contributed by atoms with E-state index in [0.717, 1.165) is 0 Å². The van der Waals surface area contributed by atoms with Crippen molar-refractivity contribution in [1.82, 2.24) is 16.0 Å². The second-order valence-electron chi connectivity index (χ2n) is 6.23. The zero-order valence-electron chi connectivity index (χ0n) is 16.4. The van der Waals surface area contributed by atoms with E-state index < -0.39 is 66.7 Å². The van der Waals surface area contributed by atoms with E-state index in [1.165, 1.54) is 11.8 Å². The van der Waals surface area contributed by atoms with Crippen LogP contribution in [0.15, 0.2) is 0 Å². The number of carbonyl (C=O) groups excluding carboxylic acids is 4. The summed E-state index contributed by atoms with van der Waals surface area (Å²) in [6.07, 6.45) is 0.764. The van der Waals surface area contributed by atoms with Crippen LogP contribution in [0.3, 0.4) is 0 Å². The van der Waals surface area contributed by atoms with Gasteiger partial charge >= 0.3 is 11.9 Å². The van der Waals surface area contributed by atoms with Gasteiger partial charge in [0, 0.05) is 6.42 Å². The lowest BCUT2D eigenvalue weighted by Crippen LogP contribution is -2.54. The molecule has 0 aromatic heterocycles. The van der Waals surface area contributed by atoms with E-state index >= 15 is 0 Å². The molecule has 170 valence electrons. The second-order valence-corrected chi connectivity index (χ2v) is 7.21. The zero-order chi connectivity index (χ0) is 23.3. The maximum atomic E-state index is 12.3. The highest BCUT2D eigenvalue weighted by atomic mass is 32.2. The van der Waals surface area contributed by atoms with E-state index in [2.05, 4.69) is 16.0 Å². The molecule has 0 radical (unpaired) electrons. The third-order valence-electron chi connectivity index (χ3n) is 3.72. The zero-order valence-corrected chi connectivity index (χ0v) is 17.2. The lowest BCUT2D eigenvalue weighted by Gasteiger charge is -2.20. The van der Waals surface area contributed by atoms with Crippen molar-refractivity contribution in [2.24, 2.45) is 11.5 Å². The monoisotopic (exact) mass is 449 g/mol. The third-order valence-corrected chi connectivity index (χ3v) is 4.36. The van der Waals surface area contributed by atoms with Crippen LogP contribution in [0.1, 0.15) is 25.7 Å². The molecule has 14 heteroatoms. The number of carboxylic acids is 2. The molecule has 0 saturated carbocycles. The molecule has 0 aliphatic carbocycles. The molecule has 0 rings (SSSR count). The summed E-state index contributed by atoms with van der Waals surface area (Å²) < 4.78 is 0. The molecular formula is C16H27N5O8S. The van der Waals surface area contributed by atoms with Crippen LogP contribution < -0.4 is 27.4 Å². The number of hydrogen-bond donors (Lipinski definition) is 7. The Morgan fingerprint density at radius 1 is 0.967 bits per heavy atom. The van der Waals surface area contributed by atoms with Crippen LogP contribution in [-0.2, 0) is 28.8 Å². The first-order valence-corrected chi connectivity index (χ1v) is 10.2. The van der Waals surface area contributed by atoms with Crippen molar-refractivity contribution >= 4 is 47.3 Å². The third kappa shape index (κ3) is 11.9. The molecule has 0 aromatic carbocycles. The van der Waals surface area contributed by atoms with Gasteiger partial charge in [0.15, 0.2) is 0 Å². The number of aliphatic carboxylic acids is 2. The van der Waals surface area contributed by atoms with Gasteiger partial charge in [-0.25, -0.2) is 4.79 Å². The van der Waals surface area contributed by atoms with Crippen LogP contribution in [0.25, 0.3) is 0 Å². The Balaban J connectivity index is 4.89. The number of primary amides is 1. The second kappa shape index (κ2) is 14.2. The fourth-order valence-electron chi connectivity index (χ4n) is 2.12. The summed E-state index contributed by atoms with van der Waals surface area (Å²) in [7, 11) is 0. The predicted molar refractivity (Wildman–Crippen MR) is 106 cm³/mol. The average Bonchev–Trinajstić information content (AvgIpc) is 2.65. The average molecular weight is 449 g/mol. The fraction of sp³-hybridized carbons (Fsp3) is 0.625. The van der Waals surface area contributed by atoms with E-state index in [9.17, 15) is 28.8 Å². The summed E-state index contributed by atoms with van der Waals surface area (Å²) >= 11 is 1.49. The van der Waals surface area contributed by atoms with Crippen molar-refractivity contribution in [1.29, 1.82) is 0 Å². The van der Waals surface area contributed by atoms with Crippen LogP contribution in [0.4, 0.5) is 0 Å². The molecule has 0 aromatic rings. The Bertz CT molecular complexity index is 660. The molecule has 0 bridgehead atoms. The largest absolute Gasteiger partial charge is 0.481 e. The van der Waals surface area contributed by atoms with E-state index in [4.69, 9.17) is 21.7 Å². The van der Waals surface area contributed by atoms with Gasteiger partial charge in [-0.2, -0.15) is 11.8 Å². The molecule has 0 heterocycles. The van der Waals surface area contributed by atoms with Crippen molar-refractivity contribution in [3.05, 3.63) is 0 Å². The maximum Gasteiger partial charge on any atom is 0.326 e. The van der Waals surface area contributed by atoms with E-state index in [-0.39, 0.29) is 12.8 Å². The van der Waals surface area contributed by atoms with Gasteiger partial charge in [0.25, 0.3) is 0 Å². The molecule has 9 N–H and O–H groups in total. The van der Waals surface area contributed by atoms with Gasteiger partial charge in [0.05, 0.1) is 19.0 Å². The summed E-state index contributed by atoms with van der Waals surface area (Å²) in [5.74, 6) is -5.56. The maximum absolute atomic E-state index is 12.3. The Hall–Kier alpha value is -2.87. The van der Waals surface area contributed by atoms with Gasteiger partial charge in [-0.1, -0.05) is 0 Å². The van der Waals surface area contributed by atoms with Gasteiger partial charge in [-0.3, -0.25) is 24.0 Å². The highest BCUT2D eigenvalue weighted by molar-refractivity contribution is 7.98. The molecule has 4 amide bonds. The first-order chi connectivity index (χ1) is 14.0. The molecule has 0 aliphatic heterocycles. The number of hydrogen-bond acceptors (Lipinski definition) is 8. The molecular weight excluding hydrogens is 422 g/mol. The van der Waals surface area contributed by atoms with Crippen molar-refractivity contribution in [3.63, 3.8) is 0 Å². The quantitative estimate of drug-likeness (QED) is 0.134. The van der Waals surface area contributed by atoms with Gasteiger partial charge in [-0.05, 0) is 24.9 Å². The topological polar surface area (TPSA) is 231 Å². The minimum atomic E-state index is -1.60. The van der Waals surface area contributed by atoms with Gasteiger partial charge in [-0.15, -0.1) is 0 Å². The Labute approximate surface area is 176 Å². The molecule has 0 spiro atoms. The van der Waals surface area contributed by atoms with Crippen LogP contribution in [0, 0.1) is 0 Å². The van der Waals surface area contributed by atoms with Gasteiger partial charge in [0.1, 0.15) is 12.1 Å². The van der Waals surface area contributed by atoms with Crippen molar-refractivity contribution in [2.45, 2.75) is 43.8 Å². The Morgan fingerprint density at radius 2 is 1.60 bits per heavy atom. The summed E-state index contributed by atoms with van der Waals surface area (Å²) in [6, 6.07) is -3.94. The lowest BCUT2D eigenvalue weighted by atomic mass is 10.1. The van der Waals surface area contributed by atoms with Crippen LogP contribution in [0.2, 0.25) is 0 Å². The molecule has 13 nitrogen and oxygen atoms in total. The summed E-state index contributed by atoms with van der Waals surface area (Å²) in [5, 5.41) is 24.5. The number of carbonyl (C=O) groups is 6. The predicted octanol–water partition coefficient (Wildman–Crippen LogP) is -3.02. The molecule has 3 unspecified atom stereocenters. The normalized spacial score (nSPS) is 13.4. The molecule has 0 saturated heterocycles. The number of nitrogens with one attached hydrogen (secondary N) is 3. The molecule has 0 aliphatic rings. The SMILES string of the molecule is CSCCC(N)C(=O)NCC(=O)NC(CC(=O)O)C(=O)NC(CCC(N)=O)C(=O)O. The molecule has 3 atom stereocenters. The van der Waals surface area contributed by atoms with Crippen molar-refractivity contribution < 1.29 is 39.0 Å². The van der Waals surface area contributed by atoms with E-state index in [0.29, 0.717) is 12.2 Å². The van der Waals surface area contributed by atoms with Crippen LogP contribution >= 0.6 is 11.8 Å². The number of nitrogens with two attached hydrogens (primary N) is 2. The number of amides is 4.